The Bertz CT molecular complexity index is 825. The van der Waals surface area contributed by atoms with Gasteiger partial charge in [0.05, 0.1) is 4.47 Å². The van der Waals surface area contributed by atoms with Gasteiger partial charge in [-0.15, -0.1) is 0 Å². The number of carboxylic acid groups (broad SMARTS) is 1. The molecule has 6 nitrogen and oxygen atoms in total. The molecule has 3 N–H and O–H groups in total. The molecule has 0 bridgehead atoms. The summed E-state index contributed by atoms with van der Waals surface area (Å²) >= 11 is 3.41. The van der Waals surface area contributed by atoms with Crippen LogP contribution in [0.3, 0.4) is 0 Å². The summed E-state index contributed by atoms with van der Waals surface area (Å²) in [7, 11) is 0. The molecule has 7 heteroatoms. The number of carbonyl (C=O) groups excluding carboxylic acids is 1. The van der Waals surface area contributed by atoms with E-state index in [1.807, 2.05) is 26.0 Å². The van der Waals surface area contributed by atoms with Crippen molar-refractivity contribution in [1.82, 2.24) is 0 Å². The number of phenols is 1. The predicted octanol–water partition coefficient (Wildman–Crippen LogP) is 3.80. The second-order valence-electron chi connectivity index (χ2n) is 5.72. The van der Waals surface area contributed by atoms with Crippen molar-refractivity contribution in [2.75, 3.05) is 11.9 Å². The molecule has 2 rings (SSSR count). The molecule has 0 radical (unpaired) electrons. The Balaban J connectivity index is 2.10. The van der Waals surface area contributed by atoms with Crippen molar-refractivity contribution in [2.45, 2.75) is 20.8 Å². The standard InChI is InChI=1S/C18H18BrNO5/c1-9-4-11(3)17(14(19)5-9)25-8-15(21)20-12-6-10(2)16(22)13(7-12)18(23)24/h4-7,22H,8H2,1-3H3,(H,20,21)(H,23,24). The van der Waals surface area contributed by atoms with Gasteiger partial charge in [0.15, 0.2) is 6.61 Å². The van der Waals surface area contributed by atoms with Crippen LogP contribution in [-0.2, 0) is 4.79 Å². The van der Waals surface area contributed by atoms with Crippen molar-refractivity contribution in [3.05, 3.63) is 51.0 Å². The third-order valence-corrected chi connectivity index (χ3v) is 4.12. The van der Waals surface area contributed by atoms with E-state index in [1.165, 1.54) is 12.1 Å². The van der Waals surface area contributed by atoms with Gasteiger partial charge in [0.25, 0.3) is 5.91 Å². The topological polar surface area (TPSA) is 95.9 Å². The number of aryl methyl sites for hydroxylation is 3. The molecule has 0 aliphatic rings. The average molecular weight is 408 g/mol. The number of nitrogens with one attached hydrogen (secondary N) is 1. The Hall–Kier alpha value is -2.54. The molecule has 2 aromatic carbocycles. The van der Waals surface area contributed by atoms with Crippen LogP contribution in [0.25, 0.3) is 0 Å². The first-order valence-corrected chi connectivity index (χ1v) is 8.24. The minimum atomic E-state index is -1.27. The second-order valence-corrected chi connectivity index (χ2v) is 6.58. The SMILES string of the molecule is Cc1cc(C)c(OCC(=O)Nc2cc(C)c(O)c(C(=O)O)c2)c(Br)c1. The number of amides is 1. The lowest BCUT2D eigenvalue weighted by atomic mass is 10.1. The molecule has 0 fully saturated rings. The highest BCUT2D eigenvalue weighted by molar-refractivity contribution is 9.10. The zero-order valence-electron chi connectivity index (χ0n) is 14.0. The maximum atomic E-state index is 12.1. The minimum Gasteiger partial charge on any atom is -0.507 e. The van der Waals surface area contributed by atoms with Crippen LogP contribution in [0.5, 0.6) is 11.5 Å². The van der Waals surface area contributed by atoms with Crippen molar-refractivity contribution in [3.8, 4) is 11.5 Å². The number of hydrogen-bond acceptors (Lipinski definition) is 4. The van der Waals surface area contributed by atoms with Crippen LogP contribution < -0.4 is 10.1 Å². The van der Waals surface area contributed by atoms with Crippen LogP contribution in [0, 0.1) is 20.8 Å². The van der Waals surface area contributed by atoms with Gasteiger partial charge >= 0.3 is 5.97 Å². The fraction of sp³-hybridized carbons (Fsp3) is 0.222. The van der Waals surface area contributed by atoms with Crippen LogP contribution in [0.1, 0.15) is 27.0 Å². The van der Waals surface area contributed by atoms with E-state index in [0.29, 0.717) is 11.3 Å². The van der Waals surface area contributed by atoms with Crippen LogP contribution in [0.15, 0.2) is 28.7 Å². The van der Waals surface area contributed by atoms with Crippen LogP contribution >= 0.6 is 15.9 Å². The maximum Gasteiger partial charge on any atom is 0.339 e. The third kappa shape index (κ3) is 4.51. The van der Waals surface area contributed by atoms with Crippen molar-refractivity contribution in [1.29, 1.82) is 0 Å². The summed E-state index contributed by atoms with van der Waals surface area (Å²) in [5.74, 6) is -1.45. The molecule has 25 heavy (non-hydrogen) atoms. The van der Waals surface area contributed by atoms with Gasteiger partial charge in [-0.05, 0) is 71.6 Å². The first kappa shape index (κ1) is 18.8. The number of aromatic hydroxyl groups is 1. The Morgan fingerprint density at radius 1 is 1.12 bits per heavy atom. The fourth-order valence-corrected chi connectivity index (χ4v) is 3.22. The molecular weight excluding hydrogens is 390 g/mol. The van der Waals surface area contributed by atoms with Crippen molar-refractivity contribution < 1.29 is 24.5 Å². The van der Waals surface area contributed by atoms with Crippen molar-refractivity contribution >= 4 is 33.5 Å². The Morgan fingerprint density at radius 2 is 1.80 bits per heavy atom. The molecule has 0 saturated carbocycles. The quantitative estimate of drug-likeness (QED) is 0.655. The van der Waals surface area contributed by atoms with E-state index in [9.17, 15) is 14.7 Å². The number of ether oxygens (including phenoxy) is 1. The molecule has 0 spiro atoms. The lowest BCUT2D eigenvalue weighted by molar-refractivity contribution is -0.118. The number of aromatic carboxylic acids is 1. The number of hydrogen-bond donors (Lipinski definition) is 3. The van der Waals surface area contributed by atoms with Gasteiger partial charge in [-0.25, -0.2) is 4.79 Å². The molecule has 0 heterocycles. The van der Waals surface area contributed by atoms with Gasteiger partial charge in [0, 0.05) is 5.69 Å². The lowest BCUT2D eigenvalue weighted by Crippen LogP contribution is -2.21. The maximum absolute atomic E-state index is 12.1. The van der Waals surface area contributed by atoms with Crippen LogP contribution in [0.4, 0.5) is 5.69 Å². The molecule has 0 saturated heterocycles. The van der Waals surface area contributed by atoms with E-state index in [-0.39, 0.29) is 23.6 Å². The highest BCUT2D eigenvalue weighted by Gasteiger charge is 2.15. The first-order valence-electron chi connectivity index (χ1n) is 7.45. The molecule has 2 aromatic rings. The normalized spacial score (nSPS) is 10.4. The monoisotopic (exact) mass is 407 g/mol. The minimum absolute atomic E-state index is 0.231. The van der Waals surface area contributed by atoms with E-state index >= 15 is 0 Å². The van der Waals surface area contributed by atoms with E-state index in [0.717, 1.165) is 15.6 Å². The lowest BCUT2D eigenvalue weighted by Gasteiger charge is -2.13. The molecule has 1 amide bonds. The summed E-state index contributed by atoms with van der Waals surface area (Å²) in [6, 6.07) is 6.53. The zero-order valence-corrected chi connectivity index (χ0v) is 15.6. The van der Waals surface area contributed by atoms with Gasteiger partial charge in [-0.2, -0.15) is 0 Å². The summed E-state index contributed by atoms with van der Waals surface area (Å²) in [6.07, 6.45) is 0. The summed E-state index contributed by atoms with van der Waals surface area (Å²) in [5, 5.41) is 21.4. The zero-order chi connectivity index (χ0) is 18.7. The van der Waals surface area contributed by atoms with Gasteiger partial charge in [0.1, 0.15) is 17.1 Å². The third-order valence-electron chi connectivity index (χ3n) is 3.54. The highest BCUT2D eigenvalue weighted by Crippen LogP contribution is 2.30. The molecule has 0 atom stereocenters. The van der Waals surface area contributed by atoms with Gasteiger partial charge in [-0.1, -0.05) is 6.07 Å². The van der Waals surface area contributed by atoms with E-state index in [1.54, 1.807) is 6.92 Å². The molecule has 132 valence electrons. The number of halogens is 1. The van der Waals surface area contributed by atoms with E-state index < -0.39 is 11.9 Å². The van der Waals surface area contributed by atoms with Crippen LogP contribution in [0.2, 0.25) is 0 Å². The summed E-state index contributed by atoms with van der Waals surface area (Å²) in [5.41, 5.74) is 2.33. The number of benzene rings is 2. The fourth-order valence-electron chi connectivity index (χ4n) is 2.43. The van der Waals surface area contributed by atoms with Gasteiger partial charge in [0.2, 0.25) is 0 Å². The Morgan fingerprint density at radius 3 is 2.40 bits per heavy atom. The van der Waals surface area contributed by atoms with Gasteiger partial charge in [-0.3, -0.25) is 4.79 Å². The number of anilines is 1. The Kier molecular flexibility index (Phi) is 5.69. The number of rotatable bonds is 5. The molecular formula is C18H18BrNO5. The summed E-state index contributed by atoms with van der Waals surface area (Å²) < 4.78 is 6.32. The molecule has 0 unspecified atom stereocenters. The molecule has 0 aliphatic heterocycles. The summed E-state index contributed by atoms with van der Waals surface area (Å²) in [6.45, 7) is 5.17. The van der Waals surface area contributed by atoms with E-state index in [2.05, 4.69) is 21.2 Å². The number of carbonyl (C=O) groups is 2. The largest absolute Gasteiger partial charge is 0.507 e. The second kappa shape index (κ2) is 7.57. The highest BCUT2D eigenvalue weighted by atomic mass is 79.9. The van der Waals surface area contributed by atoms with Gasteiger partial charge < -0.3 is 20.3 Å². The summed E-state index contributed by atoms with van der Waals surface area (Å²) in [4.78, 5) is 23.2. The molecule has 0 aromatic heterocycles. The average Bonchev–Trinajstić information content (AvgIpc) is 2.49. The molecule has 0 aliphatic carbocycles. The first-order chi connectivity index (χ1) is 11.7. The van der Waals surface area contributed by atoms with Crippen LogP contribution in [-0.4, -0.2) is 28.7 Å². The van der Waals surface area contributed by atoms with E-state index in [4.69, 9.17) is 9.84 Å². The predicted molar refractivity (Wildman–Crippen MR) is 97.5 cm³/mol. The Labute approximate surface area is 153 Å². The van der Waals surface area contributed by atoms with Crippen molar-refractivity contribution in [3.63, 3.8) is 0 Å². The smallest absolute Gasteiger partial charge is 0.339 e. The van der Waals surface area contributed by atoms with Crippen molar-refractivity contribution in [2.24, 2.45) is 0 Å². The number of carboxylic acids is 1.